The van der Waals surface area contributed by atoms with Crippen molar-refractivity contribution in [1.82, 2.24) is 9.13 Å². The van der Waals surface area contributed by atoms with E-state index >= 15 is 0 Å². The minimum Gasteiger partial charge on any atom is -0.296 e. The van der Waals surface area contributed by atoms with Gasteiger partial charge >= 0.3 is 11.9 Å². The van der Waals surface area contributed by atoms with Gasteiger partial charge in [0.15, 0.2) is 0 Å². The van der Waals surface area contributed by atoms with Gasteiger partial charge in [-0.1, -0.05) is 30.3 Å². The Labute approximate surface area is 111 Å². The molecular weight excluding hydrogens is 273 g/mol. The quantitative estimate of drug-likeness (QED) is 0.801. The smallest absolute Gasteiger partial charge is 0.296 e. The van der Waals surface area contributed by atoms with E-state index in [2.05, 4.69) is 0 Å². The highest BCUT2D eigenvalue weighted by Crippen LogP contribution is 2.33. The Hall–Kier alpha value is -2.31. The average molecular weight is 284 g/mol. The second-order valence-corrected chi connectivity index (χ2v) is 4.29. The van der Waals surface area contributed by atoms with Gasteiger partial charge < -0.3 is 0 Å². The molecule has 0 bridgehead atoms. The first kappa shape index (κ1) is 14.1. The number of rotatable bonds is 1. The summed E-state index contributed by atoms with van der Waals surface area (Å²) in [5.41, 5.74) is -3.75. The lowest BCUT2D eigenvalue weighted by Gasteiger charge is -2.17. The van der Waals surface area contributed by atoms with E-state index < -0.39 is 28.7 Å². The molecule has 2 aromatic rings. The lowest BCUT2D eigenvalue weighted by atomic mass is 10.1. The van der Waals surface area contributed by atoms with E-state index in [1.54, 1.807) is 6.07 Å². The second-order valence-electron chi connectivity index (χ2n) is 4.29. The van der Waals surface area contributed by atoms with Crippen molar-refractivity contribution in [3.05, 3.63) is 56.7 Å². The van der Waals surface area contributed by atoms with Gasteiger partial charge in [-0.25, -0.2) is 4.79 Å². The molecule has 0 aliphatic carbocycles. The van der Waals surface area contributed by atoms with Gasteiger partial charge in [0.2, 0.25) is 0 Å². The molecule has 0 N–H and O–H groups in total. The summed E-state index contributed by atoms with van der Waals surface area (Å²) < 4.78 is 40.8. The molecule has 0 spiro atoms. The Morgan fingerprint density at radius 1 is 0.950 bits per heavy atom. The third kappa shape index (κ3) is 2.15. The summed E-state index contributed by atoms with van der Waals surface area (Å²) in [5, 5.41) is 0. The highest BCUT2D eigenvalue weighted by Gasteiger charge is 2.39. The largest absolute Gasteiger partial charge is 0.423 e. The summed E-state index contributed by atoms with van der Waals surface area (Å²) in [4.78, 5) is 23.6. The number of hydrogen-bond donors (Lipinski definition) is 0. The van der Waals surface area contributed by atoms with Crippen LogP contribution >= 0.6 is 0 Å². The molecule has 0 atom stereocenters. The minimum atomic E-state index is -4.84. The first-order chi connectivity index (χ1) is 9.25. The van der Waals surface area contributed by atoms with Gasteiger partial charge in [-0.2, -0.15) is 13.2 Å². The Balaban J connectivity index is 3.00. The lowest BCUT2D eigenvalue weighted by molar-refractivity contribution is -0.138. The molecule has 0 aliphatic heterocycles. The van der Waals surface area contributed by atoms with Crippen LogP contribution in [0.4, 0.5) is 13.2 Å². The molecule has 0 aliphatic rings. The number of benzene rings is 1. The van der Waals surface area contributed by atoms with Gasteiger partial charge in [0.05, 0.1) is 5.69 Å². The number of halogens is 3. The van der Waals surface area contributed by atoms with Crippen molar-refractivity contribution < 1.29 is 13.2 Å². The molecule has 2 rings (SSSR count). The van der Waals surface area contributed by atoms with E-state index in [1.165, 1.54) is 31.3 Å². The van der Waals surface area contributed by atoms with E-state index in [9.17, 15) is 22.8 Å². The van der Waals surface area contributed by atoms with Crippen molar-refractivity contribution in [1.29, 1.82) is 0 Å². The van der Waals surface area contributed by atoms with Gasteiger partial charge in [-0.3, -0.25) is 13.9 Å². The highest BCUT2D eigenvalue weighted by atomic mass is 19.4. The van der Waals surface area contributed by atoms with E-state index in [0.717, 1.165) is 11.6 Å². The Morgan fingerprint density at radius 3 is 2.00 bits per heavy atom. The van der Waals surface area contributed by atoms with Crippen molar-refractivity contribution in [2.24, 2.45) is 14.1 Å². The number of hydrogen-bond acceptors (Lipinski definition) is 2. The summed E-state index contributed by atoms with van der Waals surface area (Å²) in [6, 6.07) is 7.55. The van der Waals surface area contributed by atoms with E-state index in [0.29, 0.717) is 4.57 Å². The van der Waals surface area contributed by atoms with Gasteiger partial charge in [-0.15, -0.1) is 0 Å². The molecule has 1 heterocycles. The van der Waals surface area contributed by atoms with Gasteiger partial charge in [0, 0.05) is 14.1 Å². The first-order valence-electron chi connectivity index (χ1n) is 5.67. The molecule has 0 radical (unpaired) electrons. The standard InChI is InChI=1S/C13H11F3N2O2/c1-17-10(8-6-4-3-5-7-8)9(13(14,15)16)11(19)18(2)12(17)20/h3-7H,1-2H3. The summed E-state index contributed by atoms with van der Waals surface area (Å²) >= 11 is 0. The predicted octanol–water partition coefficient (Wildman–Crippen LogP) is 1.77. The Bertz CT molecular complexity index is 758. The molecule has 20 heavy (non-hydrogen) atoms. The highest BCUT2D eigenvalue weighted by molar-refractivity contribution is 5.63. The molecule has 1 aromatic carbocycles. The SMILES string of the molecule is Cn1c(-c2ccccc2)c(C(F)(F)F)c(=O)n(C)c1=O. The van der Waals surface area contributed by atoms with E-state index in [1.807, 2.05) is 0 Å². The van der Waals surface area contributed by atoms with Crippen LogP contribution in [0.3, 0.4) is 0 Å². The van der Waals surface area contributed by atoms with Crippen molar-refractivity contribution in [3.8, 4) is 11.3 Å². The molecule has 0 amide bonds. The maximum absolute atomic E-state index is 13.2. The van der Waals surface area contributed by atoms with Gasteiger partial charge in [-0.05, 0) is 5.56 Å². The van der Waals surface area contributed by atoms with E-state index in [4.69, 9.17) is 0 Å². The maximum Gasteiger partial charge on any atom is 0.423 e. The van der Waals surface area contributed by atoms with Crippen LogP contribution in [0.5, 0.6) is 0 Å². The van der Waals surface area contributed by atoms with Crippen molar-refractivity contribution in [2.45, 2.75) is 6.18 Å². The monoisotopic (exact) mass is 284 g/mol. The molecule has 0 fully saturated rings. The zero-order valence-electron chi connectivity index (χ0n) is 10.7. The Morgan fingerprint density at radius 2 is 1.50 bits per heavy atom. The third-order valence-corrected chi connectivity index (χ3v) is 3.00. The van der Waals surface area contributed by atoms with Crippen LogP contribution in [-0.2, 0) is 20.3 Å². The number of aromatic nitrogens is 2. The fourth-order valence-electron chi connectivity index (χ4n) is 2.03. The maximum atomic E-state index is 13.2. The molecule has 4 nitrogen and oxygen atoms in total. The third-order valence-electron chi connectivity index (χ3n) is 3.00. The predicted molar refractivity (Wildman–Crippen MR) is 67.4 cm³/mol. The van der Waals surface area contributed by atoms with Crippen LogP contribution < -0.4 is 11.2 Å². The topological polar surface area (TPSA) is 44.0 Å². The van der Waals surface area contributed by atoms with Crippen LogP contribution in [0.2, 0.25) is 0 Å². The fourth-order valence-corrected chi connectivity index (χ4v) is 2.03. The summed E-state index contributed by atoms with van der Waals surface area (Å²) in [6.07, 6.45) is -4.84. The summed E-state index contributed by atoms with van der Waals surface area (Å²) in [7, 11) is 2.23. The average Bonchev–Trinajstić information content (AvgIpc) is 2.39. The number of alkyl halides is 3. The second kappa shape index (κ2) is 4.66. The number of nitrogens with zero attached hydrogens (tertiary/aromatic N) is 2. The van der Waals surface area contributed by atoms with E-state index in [-0.39, 0.29) is 5.56 Å². The zero-order chi connectivity index (χ0) is 15.1. The van der Waals surface area contributed by atoms with Crippen molar-refractivity contribution in [3.63, 3.8) is 0 Å². The van der Waals surface area contributed by atoms with Crippen molar-refractivity contribution in [2.75, 3.05) is 0 Å². The van der Waals surface area contributed by atoms with Gasteiger partial charge in [0.25, 0.3) is 5.56 Å². The molecule has 106 valence electrons. The Kier molecular flexibility index (Phi) is 3.29. The molecule has 0 saturated heterocycles. The molecular formula is C13H11F3N2O2. The van der Waals surface area contributed by atoms with Crippen LogP contribution in [0.15, 0.2) is 39.9 Å². The first-order valence-corrected chi connectivity index (χ1v) is 5.67. The summed E-state index contributed by atoms with van der Waals surface area (Å²) in [5.74, 6) is 0. The normalized spacial score (nSPS) is 11.7. The molecule has 7 heteroatoms. The molecule has 0 saturated carbocycles. The fraction of sp³-hybridized carbons (Fsp3) is 0.231. The molecule has 0 unspecified atom stereocenters. The lowest BCUT2D eigenvalue weighted by Crippen LogP contribution is -2.42. The zero-order valence-corrected chi connectivity index (χ0v) is 10.7. The minimum absolute atomic E-state index is 0.164. The van der Waals surface area contributed by atoms with Crippen LogP contribution in [0.25, 0.3) is 11.3 Å². The van der Waals surface area contributed by atoms with Crippen LogP contribution in [-0.4, -0.2) is 9.13 Å². The van der Waals surface area contributed by atoms with Gasteiger partial charge in [0.1, 0.15) is 5.56 Å². The van der Waals surface area contributed by atoms with Crippen LogP contribution in [0.1, 0.15) is 5.56 Å². The van der Waals surface area contributed by atoms with Crippen molar-refractivity contribution >= 4 is 0 Å². The molecule has 1 aromatic heterocycles. The summed E-state index contributed by atoms with van der Waals surface area (Å²) in [6.45, 7) is 0. The van der Waals surface area contributed by atoms with Crippen LogP contribution in [0, 0.1) is 0 Å².